The number of hydrogen-bond acceptors (Lipinski definition) is 5. The van der Waals surface area contributed by atoms with E-state index >= 15 is 0 Å². The minimum absolute atomic E-state index is 0.0872. The standard InChI is InChI=1S/C19H18N4O4S/c1-11-6-7-13(19(24)25)10-16(11)28(26,27)23-15-5-3-2-4-14(15)18-20-17(21-22-18)12-8-9-12/h2-7,10,12,23H,8-9H2,1H3,(H,24,25)(H,20,21,22). The second-order valence-electron chi connectivity index (χ2n) is 6.76. The zero-order valence-corrected chi connectivity index (χ0v) is 15.8. The van der Waals surface area contributed by atoms with Gasteiger partial charge in [-0.05, 0) is 49.6 Å². The molecule has 1 aromatic heterocycles. The molecule has 0 spiro atoms. The van der Waals surface area contributed by atoms with Crippen LogP contribution >= 0.6 is 0 Å². The van der Waals surface area contributed by atoms with E-state index in [1.54, 1.807) is 31.2 Å². The largest absolute Gasteiger partial charge is 0.478 e. The number of sulfonamides is 1. The van der Waals surface area contributed by atoms with Gasteiger partial charge in [-0.15, -0.1) is 0 Å². The number of rotatable bonds is 6. The number of aromatic amines is 1. The summed E-state index contributed by atoms with van der Waals surface area (Å²) in [4.78, 5) is 15.6. The van der Waals surface area contributed by atoms with Crippen LogP contribution in [0.25, 0.3) is 11.4 Å². The van der Waals surface area contributed by atoms with Gasteiger partial charge in [-0.2, -0.15) is 5.10 Å². The smallest absolute Gasteiger partial charge is 0.335 e. The van der Waals surface area contributed by atoms with Gasteiger partial charge in [0.25, 0.3) is 10.0 Å². The minimum Gasteiger partial charge on any atom is -0.478 e. The normalized spacial score (nSPS) is 14.0. The molecule has 1 saturated carbocycles. The van der Waals surface area contributed by atoms with Crippen LogP contribution in [0.2, 0.25) is 0 Å². The summed E-state index contributed by atoms with van der Waals surface area (Å²) in [6.07, 6.45) is 2.14. The van der Waals surface area contributed by atoms with E-state index in [1.807, 2.05) is 0 Å². The summed E-state index contributed by atoms with van der Waals surface area (Å²) >= 11 is 0. The number of aromatic carboxylic acids is 1. The quantitative estimate of drug-likeness (QED) is 0.586. The van der Waals surface area contributed by atoms with Gasteiger partial charge in [0.2, 0.25) is 0 Å². The number of H-pyrrole nitrogens is 1. The fourth-order valence-electron chi connectivity index (χ4n) is 2.92. The van der Waals surface area contributed by atoms with Crippen molar-refractivity contribution in [2.45, 2.75) is 30.6 Å². The lowest BCUT2D eigenvalue weighted by Crippen LogP contribution is -2.16. The summed E-state index contributed by atoms with van der Waals surface area (Å²) in [5.74, 6) is 0.422. The van der Waals surface area contributed by atoms with Crippen LogP contribution in [0, 0.1) is 6.92 Å². The van der Waals surface area contributed by atoms with E-state index in [4.69, 9.17) is 5.11 Å². The SMILES string of the molecule is Cc1ccc(C(=O)O)cc1S(=O)(=O)Nc1ccccc1-c1n[nH]c(C2CC2)n1. The van der Waals surface area contributed by atoms with E-state index in [9.17, 15) is 13.2 Å². The number of carboxylic acid groups (broad SMARTS) is 1. The summed E-state index contributed by atoms with van der Waals surface area (Å²) in [5, 5.41) is 16.3. The average molecular weight is 398 g/mol. The first kappa shape index (κ1) is 18.2. The Balaban J connectivity index is 1.71. The van der Waals surface area contributed by atoms with Crippen LogP contribution in [0.4, 0.5) is 5.69 Å². The maximum absolute atomic E-state index is 13.0. The van der Waals surface area contributed by atoms with Crippen molar-refractivity contribution < 1.29 is 18.3 Å². The van der Waals surface area contributed by atoms with Crippen LogP contribution in [0.5, 0.6) is 0 Å². The fourth-order valence-corrected chi connectivity index (χ4v) is 4.28. The van der Waals surface area contributed by atoms with Crippen molar-refractivity contribution in [1.29, 1.82) is 0 Å². The molecule has 0 atom stereocenters. The highest BCUT2D eigenvalue weighted by Gasteiger charge is 2.28. The third-order valence-electron chi connectivity index (χ3n) is 4.60. The van der Waals surface area contributed by atoms with Crippen molar-refractivity contribution in [1.82, 2.24) is 15.2 Å². The van der Waals surface area contributed by atoms with Gasteiger partial charge in [0, 0.05) is 11.5 Å². The number of para-hydroxylation sites is 1. The second kappa shape index (κ2) is 6.75. The number of anilines is 1. The average Bonchev–Trinajstić information content (AvgIpc) is 3.39. The number of aryl methyl sites for hydroxylation is 1. The number of benzene rings is 2. The van der Waals surface area contributed by atoms with Gasteiger partial charge < -0.3 is 5.11 Å². The molecular formula is C19H18N4O4S. The molecule has 28 heavy (non-hydrogen) atoms. The summed E-state index contributed by atoms with van der Waals surface area (Å²) in [5.41, 5.74) is 1.22. The van der Waals surface area contributed by atoms with Gasteiger partial charge >= 0.3 is 5.97 Å². The lowest BCUT2D eigenvalue weighted by molar-refractivity contribution is 0.0696. The molecule has 3 N–H and O–H groups in total. The molecule has 3 aromatic rings. The Morgan fingerprint density at radius 1 is 1.21 bits per heavy atom. The summed E-state index contributed by atoms with van der Waals surface area (Å²) < 4.78 is 28.5. The van der Waals surface area contributed by atoms with Crippen molar-refractivity contribution >= 4 is 21.7 Å². The molecule has 144 valence electrons. The summed E-state index contributed by atoms with van der Waals surface area (Å²) in [6, 6.07) is 10.8. The Kier molecular flexibility index (Phi) is 4.38. The van der Waals surface area contributed by atoms with Crippen LogP contribution in [0.1, 0.15) is 40.5 Å². The molecule has 1 aliphatic rings. The molecule has 4 rings (SSSR count). The van der Waals surface area contributed by atoms with E-state index < -0.39 is 16.0 Å². The third-order valence-corrected chi connectivity index (χ3v) is 6.11. The van der Waals surface area contributed by atoms with Crippen molar-refractivity contribution in [3.8, 4) is 11.4 Å². The molecule has 1 heterocycles. The van der Waals surface area contributed by atoms with Crippen LogP contribution in [0.15, 0.2) is 47.4 Å². The lowest BCUT2D eigenvalue weighted by atomic mass is 10.1. The topological polar surface area (TPSA) is 125 Å². The number of hydrogen-bond donors (Lipinski definition) is 3. The van der Waals surface area contributed by atoms with E-state index in [1.165, 1.54) is 12.1 Å². The zero-order valence-electron chi connectivity index (χ0n) is 15.0. The zero-order chi connectivity index (χ0) is 19.9. The molecule has 0 aliphatic heterocycles. The number of carbonyl (C=O) groups is 1. The van der Waals surface area contributed by atoms with Gasteiger partial charge in [-0.25, -0.2) is 18.2 Å². The molecule has 1 fully saturated rings. The fraction of sp³-hybridized carbons (Fsp3) is 0.211. The summed E-state index contributed by atoms with van der Waals surface area (Å²) in [7, 11) is -4.01. The number of carboxylic acids is 1. The highest BCUT2D eigenvalue weighted by molar-refractivity contribution is 7.92. The minimum atomic E-state index is -4.01. The monoisotopic (exact) mass is 398 g/mol. The Morgan fingerprint density at radius 3 is 2.68 bits per heavy atom. The van der Waals surface area contributed by atoms with Gasteiger partial charge in [0.05, 0.1) is 16.1 Å². The Bertz CT molecular complexity index is 1170. The van der Waals surface area contributed by atoms with E-state index in [2.05, 4.69) is 19.9 Å². The van der Waals surface area contributed by atoms with Gasteiger partial charge in [-0.3, -0.25) is 9.82 Å². The second-order valence-corrected chi connectivity index (χ2v) is 8.41. The van der Waals surface area contributed by atoms with Crippen molar-refractivity contribution in [3.63, 3.8) is 0 Å². The predicted octanol–water partition coefficient (Wildman–Crippen LogP) is 3.16. The van der Waals surface area contributed by atoms with Crippen LogP contribution < -0.4 is 4.72 Å². The lowest BCUT2D eigenvalue weighted by Gasteiger charge is -2.13. The van der Waals surface area contributed by atoms with E-state index in [0.29, 0.717) is 28.6 Å². The highest BCUT2D eigenvalue weighted by atomic mass is 32.2. The maximum Gasteiger partial charge on any atom is 0.335 e. The predicted molar refractivity (Wildman–Crippen MR) is 103 cm³/mol. The highest BCUT2D eigenvalue weighted by Crippen LogP contribution is 2.39. The van der Waals surface area contributed by atoms with E-state index in [-0.39, 0.29) is 10.5 Å². The van der Waals surface area contributed by atoms with Crippen LogP contribution in [-0.4, -0.2) is 34.7 Å². The van der Waals surface area contributed by atoms with Gasteiger partial charge in [0.1, 0.15) is 5.82 Å². The number of nitrogens with zero attached hydrogens (tertiary/aromatic N) is 2. The van der Waals surface area contributed by atoms with Crippen molar-refractivity contribution in [2.75, 3.05) is 4.72 Å². The first-order chi connectivity index (χ1) is 13.3. The number of nitrogens with one attached hydrogen (secondary N) is 2. The Morgan fingerprint density at radius 2 is 1.96 bits per heavy atom. The number of aromatic nitrogens is 3. The molecule has 0 unspecified atom stereocenters. The summed E-state index contributed by atoms with van der Waals surface area (Å²) in [6.45, 7) is 1.61. The molecular weight excluding hydrogens is 380 g/mol. The third kappa shape index (κ3) is 3.48. The Labute approximate surface area is 161 Å². The van der Waals surface area contributed by atoms with Gasteiger partial charge in [-0.1, -0.05) is 18.2 Å². The molecule has 0 radical (unpaired) electrons. The Hall–Kier alpha value is -3.20. The molecule has 2 aromatic carbocycles. The van der Waals surface area contributed by atoms with Crippen molar-refractivity contribution in [2.24, 2.45) is 0 Å². The van der Waals surface area contributed by atoms with Crippen LogP contribution in [0.3, 0.4) is 0 Å². The first-order valence-corrected chi connectivity index (χ1v) is 10.2. The maximum atomic E-state index is 13.0. The molecule has 0 saturated heterocycles. The molecule has 0 bridgehead atoms. The molecule has 9 heteroatoms. The molecule has 1 aliphatic carbocycles. The van der Waals surface area contributed by atoms with E-state index in [0.717, 1.165) is 24.7 Å². The van der Waals surface area contributed by atoms with Gasteiger partial charge in [0.15, 0.2) is 5.82 Å². The van der Waals surface area contributed by atoms with Crippen molar-refractivity contribution in [3.05, 3.63) is 59.4 Å². The first-order valence-electron chi connectivity index (χ1n) is 8.73. The molecule has 8 nitrogen and oxygen atoms in total. The van der Waals surface area contributed by atoms with Crippen LogP contribution in [-0.2, 0) is 10.0 Å². The molecule has 0 amide bonds.